The van der Waals surface area contributed by atoms with Gasteiger partial charge in [-0.05, 0) is 103 Å². The van der Waals surface area contributed by atoms with Gasteiger partial charge in [0.25, 0.3) is 0 Å². The summed E-state index contributed by atoms with van der Waals surface area (Å²) in [6.45, 7) is 6.88. The molecule has 2 heteroatoms. The predicted molar refractivity (Wildman–Crippen MR) is 199 cm³/mol. The lowest BCUT2D eigenvalue weighted by Crippen LogP contribution is -2.30. The zero-order valence-electron chi connectivity index (χ0n) is 26.8. The molecule has 0 radical (unpaired) electrons. The maximum Gasteiger partial charge on any atom is 0.0499 e. The molecule has 0 spiro atoms. The number of rotatable bonds is 9. The molecule has 0 N–H and O–H groups in total. The molecule has 0 aliphatic rings. The number of hydrogen-bond donors (Lipinski definition) is 0. The first kappa shape index (κ1) is 29.4. The van der Waals surface area contributed by atoms with Crippen LogP contribution in [0, 0.1) is 0 Å². The second-order valence-electron chi connectivity index (χ2n) is 12.5. The van der Waals surface area contributed by atoms with Crippen LogP contribution >= 0.6 is 0 Å². The predicted octanol–water partition coefficient (Wildman–Crippen LogP) is 12.0. The van der Waals surface area contributed by atoms with Gasteiger partial charge in [-0.25, -0.2) is 0 Å². The van der Waals surface area contributed by atoms with Crippen molar-refractivity contribution >= 4 is 44.3 Å². The largest absolute Gasteiger partial charge is 0.338 e. The SMILES string of the molecule is CC(C)N(c1ccccc1)c1cc2cc(CC(C)N(c3ccccc3)c3ccc(-c4ccccc4)cc3)ccc2c2ccccc12. The molecule has 0 amide bonds. The van der Waals surface area contributed by atoms with Crippen molar-refractivity contribution in [1.82, 2.24) is 0 Å². The first-order chi connectivity index (χ1) is 22.6. The van der Waals surface area contributed by atoms with Crippen LogP contribution in [0.2, 0.25) is 0 Å². The molecule has 7 aromatic carbocycles. The summed E-state index contributed by atoms with van der Waals surface area (Å²) in [6.07, 6.45) is 0.917. The van der Waals surface area contributed by atoms with E-state index in [0.29, 0.717) is 6.04 Å². The third kappa shape index (κ3) is 5.87. The van der Waals surface area contributed by atoms with Crippen LogP contribution < -0.4 is 9.80 Å². The molecular weight excluding hydrogens is 556 g/mol. The fraction of sp³-hybridized carbons (Fsp3) is 0.136. The number of benzene rings is 7. The van der Waals surface area contributed by atoms with Gasteiger partial charge in [0.05, 0.1) is 0 Å². The molecule has 0 saturated carbocycles. The van der Waals surface area contributed by atoms with Crippen LogP contribution in [0.5, 0.6) is 0 Å². The van der Waals surface area contributed by atoms with Crippen molar-refractivity contribution < 1.29 is 0 Å². The lowest BCUT2D eigenvalue weighted by atomic mass is 9.95. The molecule has 46 heavy (non-hydrogen) atoms. The fourth-order valence-electron chi connectivity index (χ4n) is 6.90. The van der Waals surface area contributed by atoms with E-state index in [0.717, 1.165) is 6.42 Å². The average molecular weight is 597 g/mol. The Hall–Kier alpha value is -5.34. The van der Waals surface area contributed by atoms with Crippen LogP contribution in [-0.2, 0) is 6.42 Å². The minimum absolute atomic E-state index is 0.235. The number of hydrogen-bond acceptors (Lipinski definition) is 2. The second-order valence-corrected chi connectivity index (χ2v) is 12.5. The highest BCUT2D eigenvalue weighted by Gasteiger charge is 2.20. The van der Waals surface area contributed by atoms with Crippen LogP contribution in [0.1, 0.15) is 26.3 Å². The lowest BCUT2D eigenvalue weighted by molar-refractivity contribution is 0.709. The monoisotopic (exact) mass is 596 g/mol. The third-order valence-electron chi connectivity index (χ3n) is 8.97. The molecule has 0 aliphatic heterocycles. The smallest absolute Gasteiger partial charge is 0.0499 e. The molecule has 0 heterocycles. The van der Waals surface area contributed by atoms with E-state index in [1.54, 1.807) is 0 Å². The number of fused-ring (bicyclic) bond motifs is 3. The van der Waals surface area contributed by atoms with Crippen LogP contribution in [0.3, 0.4) is 0 Å². The van der Waals surface area contributed by atoms with E-state index in [4.69, 9.17) is 0 Å². The summed E-state index contributed by atoms with van der Waals surface area (Å²) in [4.78, 5) is 4.94. The molecule has 2 nitrogen and oxygen atoms in total. The molecule has 7 rings (SSSR count). The molecular formula is C44H40N2. The molecule has 0 fully saturated rings. The van der Waals surface area contributed by atoms with E-state index in [-0.39, 0.29) is 6.04 Å². The first-order valence-corrected chi connectivity index (χ1v) is 16.4. The molecule has 7 aromatic rings. The average Bonchev–Trinajstić information content (AvgIpc) is 3.10. The van der Waals surface area contributed by atoms with Crippen molar-refractivity contribution in [2.45, 2.75) is 39.3 Å². The van der Waals surface area contributed by atoms with Crippen LogP contribution in [-0.4, -0.2) is 12.1 Å². The maximum absolute atomic E-state index is 2.47. The minimum atomic E-state index is 0.235. The van der Waals surface area contributed by atoms with Gasteiger partial charge in [-0.3, -0.25) is 0 Å². The Morgan fingerprint density at radius 1 is 0.435 bits per heavy atom. The van der Waals surface area contributed by atoms with Gasteiger partial charge in [-0.15, -0.1) is 0 Å². The molecule has 0 bridgehead atoms. The summed E-state index contributed by atoms with van der Waals surface area (Å²) < 4.78 is 0. The van der Waals surface area contributed by atoms with E-state index in [2.05, 4.69) is 194 Å². The molecule has 0 aromatic heterocycles. The quantitative estimate of drug-likeness (QED) is 0.153. The Morgan fingerprint density at radius 3 is 1.59 bits per heavy atom. The van der Waals surface area contributed by atoms with Crippen molar-refractivity contribution in [2.24, 2.45) is 0 Å². The maximum atomic E-state index is 2.47. The highest BCUT2D eigenvalue weighted by atomic mass is 15.2. The number of para-hydroxylation sites is 2. The van der Waals surface area contributed by atoms with E-state index >= 15 is 0 Å². The summed E-state index contributed by atoms with van der Waals surface area (Å²) in [5.74, 6) is 0. The highest BCUT2D eigenvalue weighted by molar-refractivity contribution is 6.13. The topological polar surface area (TPSA) is 6.48 Å². The fourth-order valence-corrected chi connectivity index (χ4v) is 6.90. The second kappa shape index (κ2) is 12.9. The third-order valence-corrected chi connectivity index (χ3v) is 8.97. The van der Waals surface area contributed by atoms with Gasteiger partial charge in [-0.2, -0.15) is 0 Å². The van der Waals surface area contributed by atoms with Gasteiger partial charge in [-0.1, -0.05) is 121 Å². The number of nitrogens with zero attached hydrogens (tertiary/aromatic N) is 2. The van der Waals surface area contributed by atoms with Gasteiger partial charge in [0.15, 0.2) is 0 Å². The molecule has 0 aliphatic carbocycles. The first-order valence-electron chi connectivity index (χ1n) is 16.4. The summed E-state index contributed by atoms with van der Waals surface area (Å²) in [7, 11) is 0. The zero-order chi connectivity index (χ0) is 31.5. The normalized spacial score (nSPS) is 12.0. The molecule has 0 saturated heterocycles. The van der Waals surface area contributed by atoms with Gasteiger partial charge < -0.3 is 9.80 Å². The lowest BCUT2D eigenvalue weighted by Gasteiger charge is -2.32. The summed E-state index contributed by atoms with van der Waals surface area (Å²) in [5, 5.41) is 5.14. The zero-order valence-corrected chi connectivity index (χ0v) is 26.8. The molecule has 226 valence electrons. The van der Waals surface area contributed by atoms with E-state index < -0.39 is 0 Å². The van der Waals surface area contributed by atoms with Crippen LogP contribution in [0.15, 0.2) is 164 Å². The Balaban J connectivity index is 1.27. The molecule has 1 unspecified atom stereocenters. The molecule has 1 atom stereocenters. The van der Waals surface area contributed by atoms with Crippen molar-refractivity contribution in [1.29, 1.82) is 0 Å². The Bertz CT molecular complexity index is 2050. The van der Waals surface area contributed by atoms with Gasteiger partial charge in [0, 0.05) is 40.2 Å². The van der Waals surface area contributed by atoms with E-state index in [1.165, 1.54) is 61.0 Å². The summed E-state index contributed by atoms with van der Waals surface area (Å²) in [5.41, 5.74) is 8.66. The van der Waals surface area contributed by atoms with Gasteiger partial charge in [0.2, 0.25) is 0 Å². The minimum Gasteiger partial charge on any atom is -0.338 e. The standard InChI is InChI=1S/C44H40N2/c1-32(2)45(38-17-9-5-10-18-38)44-31-37-30-34(23-28-41(37)42-21-13-14-22-43(42)44)29-33(3)46(39-19-11-6-12-20-39)40-26-24-36(25-27-40)35-15-7-4-8-16-35/h4-28,30-33H,29H2,1-3H3. The van der Waals surface area contributed by atoms with Gasteiger partial charge >= 0.3 is 0 Å². The van der Waals surface area contributed by atoms with E-state index in [9.17, 15) is 0 Å². The highest BCUT2D eigenvalue weighted by Crippen LogP contribution is 2.39. The summed E-state index contributed by atoms with van der Waals surface area (Å²) in [6, 6.07) is 60.0. The van der Waals surface area contributed by atoms with E-state index in [1.807, 2.05) is 0 Å². The van der Waals surface area contributed by atoms with Crippen molar-refractivity contribution in [3.8, 4) is 11.1 Å². The van der Waals surface area contributed by atoms with Crippen molar-refractivity contribution in [3.05, 3.63) is 169 Å². The van der Waals surface area contributed by atoms with Crippen LogP contribution in [0.4, 0.5) is 22.7 Å². The van der Waals surface area contributed by atoms with Crippen molar-refractivity contribution in [3.63, 3.8) is 0 Å². The van der Waals surface area contributed by atoms with Crippen LogP contribution in [0.25, 0.3) is 32.7 Å². The van der Waals surface area contributed by atoms with Gasteiger partial charge in [0.1, 0.15) is 0 Å². The van der Waals surface area contributed by atoms with Crippen molar-refractivity contribution in [2.75, 3.05) is 9.80 Å². The summed E-state index contributed by atoms with van der Waals surface area (Å²) >= 11 is 0. The Kier molecular flexibility index (Phi) is 8.27. The Morgan fingerprint density at radius 2 is 0.957 bits per heavy atom. The number of anilines is 4. The Labute approximate surface area is 273 Å².